The van der Waals surface area contributed by atoms with Crippen LogP contribution in [0.15, 0.2) is 34.9 Å². The van der Waals surface area contributed by atoms with Gasteiger partial charge in [0.05, 0.1) is 11.3 Å². The number of anilines is 2. The lowest BCUT2D eigenvalue weighted by atomic mass is 10.2. The second kappa shape index (κ2) is 6.64. The Bertz CT molecular complexity index is 827. The molecule has 2 aromatic rings. The summed E-state index contributed by atoms with van der Waals surface area (Å²) in [5, 5.41) is 9.39. The molecule has 0 spiro atoms. The maximum atomic E-state index is 9.39. The Morgan fingerprint density at radius 3 is 2.88 bits per heavy atom. The van der Waals surface area contributed by atoms with Gasteiger partial charge in [0.2, 0.25) is 0 Å². The molecule has 0 radical (unpaired) electrons. The lowest BCUT2D eigenvalue weighted by Crippen LogP contribution is -2.35. The van der Waals surface area contributed by atoms with Crippen molar-refractivity contribution in [2.45, 2.75) is 31.2 Å². The third-order valence-corrected chi connectivity index (χ3v) is 5.59. The molecule has 1 unspecified atom stereocenters. The van der Waals surface area contributed by atoms with Crippen LogP contribution in [0.5, 0.6) is 0 Å². The monoisotopic (exact) mass is 397 g/mol. The fraction of sp³-hybridized carbons (Fsp3) is 0.421. The van der Waals surface area contributed by atoms with Gasteiger partial charge in [0.15, 0.2) is 0 Å². The zero-order valence-corrected chi connectivity index (χ0v) is 15.8. The molecule has 1 saturated carbocycles. The van der Waals surface area contributed by atoms with Crippen LogP contribution in [0, 0.1) is 11.3 Å². The number of hydrogen-bond acceptors (Lipinski definition) is 5. The van der Waals surface area contributed by atoms with Crippen LogP contribution in [-0.4, -0.2) is 36.1 Å². The van der Waals surface area contributed by atoms with Gasteiger partial charge >= 0.3 is 0 Å². The molecule has 1 aromatic carbocycles. The van der Waals surface area contributed by atoms with E-state index in [9.17, 15) is 5.26 Å². The maximum absolute atomic E-state index is 9.39. The molecule has 2 aliphatic rings. The fourth-order valence-electron chi connectivity index (χ4n) is 3.42. The Labute approximate surface area is 156 Å². The van der Waals surface area contributed by atoms with Gasteiger partial charge in [0.25, 0.3) is 0 Å². The van der Waals surface area contributed by atoms with E-state index >= 15 is 0 Å². The molecule has 25 heavy (non-hydrogen) atoms. The summed E-state index contributed by atoms with van der Waals surface area (Å²) < 4.78 is 1.00. The number of nitrogens with zero attached hydrogens (tertiary/aromatic N) is 5. The fourth-order valence-corrected chi connectivity index (χ4v) is 3.77. The zero-order valence-electron chi connectivity index (χ0n) is 14.2. The van der Waals surface area contributed by atoms with E-state index < -0.39 is 0 Å². The Balaban J connectivity index is 1.51. The molecule has 1 atom stereocenters. The lowest BCUT2D eigenvalue weighted by molar-refractivity contribution is 0.680. The molecule has 2 heterocycles. The quantitative estimate of drug-likeness (QED) is 0.786. The average molecular weight is 398 g/mol. The van der Waals surface area contributed by atoms with Crippen molar-refractivity contribution in [2.75, 3.05) is 29.9 Å². The Morgan fingerprint density at radius 1 is 1.28 bits per heavy atom. The number of aromatic nitrogens is 2. The molecule has 128 valence electrons. The van der Waals surface area contributed by atoms with Crippen molar-refractivity contribution >= 4 is 27.4 Å². The van der Waals surface area contributed by atoms with Crippen molar-refractivity contribution in [3.8, 4) is 6.07 Å². The molecule has 0 N–H and O–H groups in total. The van der Waals surface area contributed by atoms with Crippen LogP contribution in [0.25, 0.3) is 0 Å². The van der Waals surface area contributed by atoms with E-state index in [1.807, 2.05) is 30.5 Å². The standard InChI is InChI=1S/C19H20BrN5/c1-24(18-6-8-22-19(23-18)13-2-3-13)16-7-9-25(12-16)17-10-15(20)5-4-14(17)11-21/h4-6,8,10,13,16H,2-3,7,9,12H2,1H3. The van der Waals surface area contributed by atoms with Crippen LogP contribution in [0.1, 0.15) is 36.6 Å². The summed E-state index contributed by atoms with van der Waals surface area (Å²) in [4.78, 5) is 13.7. The van der Waals surface area contributed by atoms with Crippen LogP contribution in [0.4, 0.5) is 11.5 Å². The van der Waals surface area contributed by atoms with E-state index in [0.717, 1.165) is 46.9 Å². The van der Waals surface area contributed by atoms with E-state index in [1.54, 1.807) is 0 Å². The first-order chi connectivity index (χ1) is 12.2. The Kier molecular flexibility index (Phi) is 4.34. The number of hydrogen-bond donors (Lipinski definition) is 0. The third-order valence-electron chi connectivity index (χ3n) is 5.10. The van der Waals surface area contributed by atoms with Gasteiger partial charge in [-0.25, -0.2) is 9.97 Å². The topological polar surface area (TPSA) is 56.1 Å². The predicted molar refractivity (Wildman–Crippen MR) is 102 cm³/mol. The molecule has 1 aliphatic carbocycles. The van der Waals surface area contributed by atoms with E-state index in [2.05, 4.69) is 43.8 Å². The van der Waals surface area contributed by atoms with E-state index in [-0.39, 0.29) is 0 Å². The van der Waals surface area contributed by atoms with Gasteiger partial charge in [-0.2, -0.15) is 5.26 Å². The van der Waals surface area contributed by atoms with Crippen molar-refractivity contribution in [3.05, 3.63) is 46.3 Å². The summed E-state index contributed by atoms with van der Waals surface area (Å²) in [6.45, 7) is 1.84. The molecule has 2 fully saturated rings. The SMILES string of the molecule is CN(c1ccnc(C2CC2)n1)C1CCN(c2cc(Br)ccc2C#N)C1. The maximum Gasteiger partial charge on any atom is 0.133 e. The summed E-state index contributed by atoms with van der Waals surface area (Å²) in [6, 6.07) is 10.5. The molecular weight excluding hydrogens is 378 g/mol. The van der Waals surface area contributed by atoms with E-state index in [1.165, 1.54) is 12.8 Å². The van der Waals surface area contributed by atoms with E-state index in [4.69, 9.17) is 4.98 Å². The smallest absolute Gasteiger partial charge is 0.133 e. The van der Waals surface area contributed by atoms with Gasteiger partial charge in [-0.05, 0) is 43.5 Å². The largest absolute Gasteiger partial charge is 0.368 e. The minimum atomic E-state index is 0.382. The molecule has 6 heteroatoms. The summed E-state index contributed by atoms with van der Waals surface area (Å²) in [6.07, 6.45) is 5.35. The number of rotatable bonds is 4. The summed E-state index contributed by atoms with van der Waals surface area (Å²) >= 11 is 3.52. The average Bonchev–Trinajstić information content (AvgIpc) is 3.38. The molecular formula is C19H20BrN5. The molecule has 0 amide bonds. The molecule has 1 saturated heterocycles. The van der Waals surface area contributed by atoms with Gasteiger partial charge < -0.3 is 9.80 Å². The molecule has 1 aliphatic heterocycles. The highest BCUT2D eigenvalue weighted by Crippen LogP contribution is 2.38. The normalized spacial score (nSPS) is 19.7. The second-order valence-electron chi connectivity index (χ2n) is 6.82. The Morgan fingerprint density at radius 2 is 2.12 bits per heavy atom. The van der Waals surface area contributed by atoms with Crippen molar-refractivity contribution in [1.29, 1.82) is 5.26 Å². The van der Waals surface area contributed by atoms with Gasteiger partial charge in [-0.3, -0.25) is 0 Å². The minimum absolute atomic E-state index is 0.382. The van der Waals surface area contributed by atoms with Crippen molar-refractivity contribution < 1.29 is 0 Å². The predicted octanol–water partition coefficient (Wildman–Crippen LogP) is 3.70. The first-order valence-corrected chi connectivity index (χ1v) is 9.45. The first kappa shape index (κ1) is 16.3. The zero-order chi connectivity index (χ0) is 17.4. The van der Waals surface area contributed by atoms with E-state index in [0.29, 0.717) is 12.0 Å². The van der Waals surface area contributed by atoms with Crippen LogP contribution >= 0.6 is 15.9 Å². The molecule has 1 aromatic heterocycles. The highest BCUT2D eigenvalue weighted by Gasteiger charge is 2.30. The minimum Gasteiger partial charge on any atom is -0.368 e. The lowest BCUT2D eigenvalue weighted by Gasteiger charge is -2.27. The van der Waals surface area contributed by atoms with Gasteiger partial charge in [-0.15, -0.1) is 0 Å². The first-order valence-electron chi connectivity index (χ1n) is 8.66. The number of nitriles is 1. The third kappa shape index (κ3) is 3.34. The van der Waals surface area contributed by atoms with Crippen LogP contribution in [0.2, 0.25) is 0 Å². The highest BCUT2D eigenvalue weighted by atomic mass is 79.9. The number of benzene rings is 1. The van der Waals surface area contributed by atoms with Crippen LogP contribution in [0.3, 0.4) is 0 Å². The van der Waals surface area contributed by atoms with Gasteiger partial charge in [0, 0.05) is 42.8 Å². The molecule has 4 rings (SSSR count). The summed E-state index contributed by atoms with van der Waals surface area (Å²) in [5.74, 6) is 2.55. The van der Waals surface area contributed by atoms with Crippen molar-refractivity contribution in [3.63, 3.8) is 0 Å². The van der Waals surface area contributed by atoms with Crippen molar-refractivity contribution in [2.24, 2.45) is 0 Å². The van der Waals surface area contributed by atoms with Gasteiger partial charge in [-0.1, -0.05) is 15.9 Å². The number of likely N-dealkylation sites (N-methyl/N-ethyl adjacent to an activating group) is 1. The van der Waals surface area contributed by atoms with Gasteiger partial charge in [0.1, 0.15) is 17.7 Å². The van der Waals surface area contributed by atoms with Crippen LogP contribution in [-0.2, 0) is 0 Å². The van der Waals surface area contributed by atoms with Crippen LogP contribution < -0.4 is 9.80 Å². The molecule has 0 bridgehead atoms. The molecule has 5 nitrogen and oxygen atoms in total. The Hall–Kier alpha value is -2.13. The summed E-state index contributed by atoms with van der Waals surface area (Å²) in [7, 11) is 2.11. The van der Waals surface area contributed by atoms with Crippen molar-refractivity contribution in [1.82, 2.24) is 9.97 Å². The second-order valence-corrected chi connectivity index (χ2v) is 7.74. The summed E-state index contributed by atoms with van der Waals surface area (Å²) in [5.41, 5.74) is 1.73. The number of halogens is 1. The highest BCUT2D eigenvalue weighted by molar-refractivity contribution is 9.10.